The third-order valence-electron chi connectivity index (χ3n) is 2.91. The van der Waals surface area contributed by atoms with Gasteiger partial charge in [0.25, 0.3) is 5.69 Å². The number of hydrogen-bond acceptors (Lipinski definition) is 6. The van der Waals surface area contributed by atoms with Crippen LogP contribution in [-0.4, -0.2) is 23.6 Å². The van der Waals surface area contributed by atoms with E-state index in [0.29, 0.717) is 6.54 Å². The first-order valence-electron chi connectivity index (χ1n) is 6.61. The topological polar surface area (TPSA) is 117 Å². The maximum Gasteiger partial charge on any atom is 0.471 e. The number of allylic oxidation sites excluding steroid dienone is 2. The molecule has 8 nitrogen and oxygen atoms in total. The smallest absolute Gasteiger partial charge is 0.457 e. The molecule has 0 atom stereocenters. The van der Waals surface area contributed by atoms with Crippen LogP contribution in [0, 0.1) is 21.4 Å². The Morgan fingerprint density at radius 3 is 2.76 bits per heavy atom. The van der Waals surface area contributed by atoms with Crippen molar-refractivity contribution in [1.82, 2.24) is 5.32 Å². The van der Waals surface area contributed by atoms with Crippen LogP contribution in [0.3, 0.4) is 0 Å². The molecule has 0 bridgehead atoms. The number of nitriles is 1. The summed E-state index contributed by atoms with van der Waals surface area (Å²) in [4.78, 5) is 21.0. The molecule has 0 aliphatic carbocycles. The predicted molar refractivity (Wildman–Crippen MR) is 78.2 cm³/mol. The van der Waals surface area contributed by atoms with Gasteiger partial charge in [0.15, 0.2) is 0 Å². The highest BCUT2D eigenvalue weighted by atomic mass is 19.4. The molecular formula is C14H9F3N4O4. The molecule has 1 aliphatic heterocycles. The van der Waals surface area contributed by atoms with Crippen molar-refractivity contribution in [2.45, 2.75) is 6.18 Å². The van der Waals surface area contributed by atoms with Crippen LogP contribution in [-0.2, 0) is 4.79 Å². The van der Waals surface area contributed by atoms with E-state index in [1.165, 1.54) is 11.4 Å². The van der Waals surface area contributed by atoms with Crippen LogP contribution in [0.15, 0.2) is 41.8 Å². The number of alkyl halides is 3. The fraction of sp³-hybridized carbons (Fsp3) is 0.143. The van der Waals surface area contributed by atoms with E-state index in [-0.39, 0.29) is 17.2 Å². The highest BCUT2D eigenvalue weighted by molar-refractivity contribution is 5.96. The fourth-order valence-corrected chi connectivity index (χ4v) is 1.82. The number of hydrogen-bond donors (Lipinski definition) is 2. The van der Waals surface area contributed by atoms with Crippen molar-refractivity contribution in [3.05, 3.63) is 51.9 Å². The molecule has 1 heterocycles. The average molecular weight is 354 g/mol. The number of halogens is 3. The molecule has 0 fully saturated rings. The zero-order chi connectivity index (χ0) is 18.6. The van der Waals surface area contributed by atoms with Gasteiger partial charge in [-0.15, -0.1) is 0 Å². The molecule has 25 heavy (non-hydrogen) atoms. The van der Waals surface area contributed by atoms with Crippen molar-refractivity contribution >= 4 is 17.3 Å². The van der Waals surface area contributed by atoms with Crippen LogP contribution in [0.4, 0.5) is 24.5 Å². The summed E-state index contributed by atoms with van der Waals surface area (Å²) in [5.74, 6) is -2.14. The zero-order valence-corrected chi connectivity index (χ0v) is 12.3. The summed E-state index contributed by atoms with van der Waals surface area (Å²) in [6.07, 6.45) is -2.26. The number of nitrogens with zero attached hydrogens (tertiary/aromatic N) is 2. The van der Waals surface area contributed by atoms with E-state index >= 15 is 0 Å². The molecule has 2 N–H and O–H groups in total. The van der Waals surface area contributed by atoms with Crippen molar-refractivity contribution < 1.29 is 27.6 Å². The first kappa shape index (κ1) is 17.8. The highest BCUT2D eigenvalue weighted by Gasteiger charge is 2.39. The number of carbonyl (C=O) groups excluding carboxylic acids is 1. The summed E-state index contributed by atoms with van der Waals surface area (Å²) in [5, 5.41) is 24.0. The molecule has 11 heteroatoms. The Morgan fingerprint density at radius 2 is 2.16 bits per heavy atom. The van der Waals surface area contributed by atoms with Gasteiger partial charge >= 0.3 is 12.1 Å². The number of anilines is 1. The minimum absolute atomic E-state index is 0.0432. The van der Waals surface area contributed by atoms with E-state index in [0.717, 1.165) is 18.2 Å². The van der Waals surface area contributed by atoms with Gasteiger partial charge in [0, 0.05) is 12.6 Å². The second kappa shape index (κ2) is 6.91. The molecule has 0 aromatic heterocycles. The molecule has 1 aromatic rings. The lowest BCUT2D eigenvalue weighted by Crippen LogP contribution is -2.30. The van der Waals surface area contributed by atoms with Crippen LogP contribution < -0.4 is 15.4 Å². The minimum Gasteiger partial charge on any atom is -0.457 e. The first-order valence-corrected chi connectivity index (χ1v) is 6.61. The number of nitro benzene ring substituents is 1. The van der Waals surface area contributed by atoms with Gasteiger partial charge in [-0.2, -0.15) is 18.4 Å². The van der Waals surface area contributed by atoms with Gasteiger partial charge < -0.3 is 15.4 Å². The van der Waals surface area contributed by atoms with Gasteiger partial charge in [0.05, 0.1) is 11.0 Å². The Balaban J connectivity index is 2.26. The molecule has 2 rings (SSSR count). The second-order valence-electron chi connectivity index (χ2n) is 4.65. The SMILES string of the molecule is N#CC1=CC(Oc2ccc(NC(=O)C(F)(F)F)c([N+](=O)[O-])c2)=CCN1. The van der Waals surface area contributed by atoms with Crippen molar-refractivity contribution in [2.75, 3.05) is 11.9 Å². The van der Waals surface area contributed by atoms with Crippen molar-refractivity contribution in [2.24, 2.45) is 0 Å². The van der Waals surface area contributed by atoms with Crippen LogP contribution in [0.25, 0.3) is 0 Å². The van der Waals surface area contributed by atoms with Crippen LogP contribution in [0.5, 0.6) is 5.75 Å². The number of dihydropyridines is 1. The van der Waals surface area contributed by atoms with Crippen LogP contribution >= 0.6 is 0 Å². The van der Waals surface area contributed by atoms with Gasteiger partial charge in [0.1, 0.15) is 29.0 Å². The van der Waals surface area contributed by atoms with E-state index in [1.807, 2.05) is 6.07 Å². The van der Waals surface area contributed by atoms with E-state index in [4.69, 9.17) is 10.00 Å². The summed E-state index contributed by atoms with van der Waals surface area (Å²) in [5.41, 5.74) is -1.16. The standard InChI is InChI=1S/C14H9F3N4O4/c15-14(16,17)13(22)20-11-2-1-9(6-12(11)21(23)24)25-10-3-4-19-8(5-10)7-18/h1-3,5-6,19H,4H2,(H,20,22). The molecule has 0 saturated heterocycles. The molecule has 0 saturated carbocycles. The van der Waals surface area contributed by atoms with E-state index in [2.05, 4.69) is 5.32 Å². The number of carbonyl (C=O) groups is 1. The Hall–Kier alpha value is -3.55. The van der Waals surface area contributed by atoms with Crippen LogP contribution in [0.2, 0.25) is 0 Å². The molecule has 0 unspecified atom stereocenters. The Labute approximate surface area is 138 Å². The van der Waals surface area contributed by atoms with Crippen molar-refractivity contribution in [3.8, 4) is 11.8 Å². The lowest BCUT2D eigenvalue weighted by molar-refractivity contribution is -0.384. The second-order valence-corrected chi connectivity index (χ2v) is 4.65. The number of ether oxygens (including phenoxy) is 1. The number of nitrogens with one attached hydrogen (secondary N) is 2. The Bertz CT molecular complexity index is 824. The molecule has 0 radical (unpaired) electrons. The third kappa shape index (κ3) is 4.47. The summed E-state index contributed by atoms with van der Waals surface area (Å²) in [7, 11) is 0. The lowest BCUT2D eigenvalue weighted by atomic mass is 10.2. The molecule has 1 aliphatic rings. The maximum atomic E-state index is 12.3. The van der Waals surface area contributed by atoms with Crippen LogP contribution in [0.1, 0.15) is 0 Å². The minimum atomic E-state index is -5.18. The quantitative estimate of drug-likeness (QED) is 0.633. The zero-order valence-electron chi connectivity index (χ0n) is 12.3. The average Bonchev–Trinajstić information content (AvgIpc) is 2.55. The molecular weight excluding hydrogens is 345 g/mol. The van der Waals surface area contributed by atoms with Gasteiger partial charge in [-0.3, -0.25) is 14.9 Å². The lowest BCUT2D eigenvalue weighted by Gasteiger charge is -2.13. The molecule has 130 valence electrons. The van der Waals surface area contributed by atoms with E-state index in [9.17, 15) is 28.1 Å². The van der Waals surface area contributed by atoms with Gasteiger partial charge in [-0.1, -0.05) is 0 Å². The number of benzene rings is 1. The molecule has 0 spiro atoms. The predicted octanol–water partition coefficient (Wildman–Crippen LogP) is 2.37. The van der Waals surface area contributed by atoms with Gasteiger partial charge in [-0.25, -0.2) is 0 Å². The monoisotopic (exact) mass is 354 g/mol. The summed E-state index contributed by atoms with van der Waals surface area (Å²) in [6, 6.07) is 4.81. The third-order valence-corrected chi connectivity index (χ3v) is 2.91. The number of nitro groups is 1. The molecule has 1 amide bonds. The maximum absolute atomic E-state index is 12.3. The van der Waals surface area contributed by atoms with Gasteiger partial charge in [-0.05, 0) is 18.2 Å². The van der Waals surface area contributed by atoms with Crippen molar-refractivity contribution in [1.29, 1.82) is 5.26 Å². The Kier molecular flexibility index (Phi) is 4.92. The molecule has 1 aromatic carbocycles. The number of amides is 1. The first-order chi connectivity index (χ1) is 11.7. The van der Waals surface area contributed by atoms with E-state index < -0.39 is 28.4 Å². The van der Waals surface area contributed by atoms with Gasteiger partial charge in [0.2, 0.25) is 0 Å². The summed E-state index contributed by atoms with van der Waals surface area (Å²) < 4.78 is 42.2. The highest BCUT2D eigenvalue weighted by Crippen LogP contribution is 2.31. The summed E-state index contributed by atoms with van der Waals surface area (Å²) >= 11 is 0. The largest absolute Gasteiger partial charge is 0.471 e. The number of rotatable bonds is 4. The normalized spacial score (nSPS) is 13.7. The summed E-state index contributed by atoms with van der Waals surface area (Å²) in [6.45, 7) is 0.302. The Morgan fingerprint density at radius 1 is 1.44 bits per heavy atom. The van der Waals surface area contributed by atoms with Crippen molar-refractivity contribution in [3.63, 3.8) is 0 Å². The fourth-order valence-electron chi connectivity index (χ4n) is 1.82. The van der Waals surface area contributed by atoms with E-state index in [1.54, 1.807) is 6.08 Å².